The number of rotatable bonds is 6. The third-order valence-corrected chi connectivity index (χ3v) is 6.87. The lowest BCUT2D eigenvalue weighted by Crippen LogP contribution is -2.40. The molecular weight excluding hydrogens is 429 g/mol. The van der Waals surface area contributed by atoms with Crippen LogP contribution in [0.5, 0.6) is 0 Å². The van der Waals surface area contributed by atoms with Gasteiger partial charge in [-0.05, 0) is 37.0 Å². The van der Waals surface area contributed by atoms with Crippen molar-refractivity contribution in [1.29, 1.82) is 0 Å². The molecule has 4 rings (SSSR count). The summed E-state index contributed by atoms with van der Waals surface area (Å²) in [6.45, 7) is 0.484. The lowest BCUT2D eigenvalue weighted by molar-refractivity contribution is 0.0691. The normalized spacial score (nSPS) is 17.5. The minimum atomic E-state index is -3.98. The molecule has 3 aromatic rings. The molecule has 0 spiro atoms. The maximum atomic E-state index is 13.7. The van der Waals surface area contributed by atoms with E-state index in [4.69, 9.17) is 9.63 Å². The van der Waals surface area contributed by atoms with Crippen LogP contribution in [-0.2, 0) is 16.4 Å². The predicted octanol–water partition coefficient (Wildman–Crippen LogP) is 2.01. The second kappa shape index (κ2) is 8.47. The van der Waals surface area contributed by atoms with Crippen LogP contribution < -0.4 is 0 Å². The van der Waals surface area contributed by atoms with E-state index in [1.807, 2.05) is 0 Å². The van der Waals surface area contributed by atoms with Gasteiger partial charge in [-0.2, -0.15) is 9.29 Å². The summed E-state index contributed by atoms with van der Waals surface area (Å²) >= 11 is 0. The van der Waals surface area contributed by atoms with E-state index in [-0.39, 0.29) is 23.9 Å². The van der Waals surface area contributed by atoms with Crippen LogP contribution in [0.3, 0.4) is 0 Å². The molecular formula is C19H18FN5O5S. The van der Waals surface area contributed by atoms with E-state index in [1.54, 1.807) is 0 Å². The zero-order chi connectivity index (χ0) is 22.0. The van der Waals surface area contributed by atoms with Gasteiger partial charge >= 0.3 is 5.97 Å². The molecule has 162 valence electrons. The number of aromatic nitrogens is 4. The summed E-state index contributed by atoms with van der Waals surface area (Å²) in [5.41, 5.74) is -0.215. The van der Waals surface area contributed by atoms with E-state index in [9.17, 15) is 17.6 Å². The minimum Gasteiger partial charge on any atom is -0.478 e. The van der Waals surface area contributed by atoms with E-state index in [1.165, 1.54) is 22.9 Å². The Hall–Kier alpha value is -3.25. The zero-order valence-electron chi connectivity index (χ0n) is 16.2. The van der Waals surface area contributed by atoms with Gasteiger partial charge in [-0.3, -0.25) is 4.98 Å². The Labute approximate surface area is 176 Å². The minimum absolute atomic E-state index is 0.0712. The second-order valence-corrected chi connectivity index (χ2v) is 9.06. The maximum Gasteiger partial charge on any atom is 0.338 e. The van der Waals surface area contributed by atoms with Crippen LogP contribution in [0.25, 0.3) is 11.5 Å². The Kier molecular flexibility index (Phi) is 5.74. The molecule has 1 aliphatic rings. The second-order valence-electron chi connectivity index (χ2n) is 7.12. The summed E-state index contributed by atoms with van der Waals surface area (Å²) in [6.07, 6.45) is 6.31. The van der Waals surface area contributed by atoms with Crippen molar-refractivity contribution in [2.45, 2.75) is 24.2 Å². The zero-order valence-corrected chi connectivity index (χ0v) is 17.0. The van der Waals surface area contributed by atoms with Gasteiger partial charge in [0.1, 0.15) is 11.5 Å². The molecule has 0 unspecified atom stereocenters. The van der Waals surface area contributed by atoms with Crippen molar-refractivity contribution in [1.82, 2.24) is 24.4 Å². The molecule has 3 heterocycles. The van der Waals surface area contributed by atoms with Crippen LogP contribution in [0.4, 0.5) is 4.39 Å². The maximum absolute atomic E-state index is 13.7. The average molecular weight is 447 g/mol. The third-order valence-electron chi connectivity index (χ3n) is 5.01. The smallest absolute Gasteiger partial charge is 0.338 e. The highest BCUT2D eigenvalue weighted by Gasteiger charge is 2.32. The quantitative estimate of drug-likeness (QED) is 0.601. The van der Waals surface area contributed by atoms with E-state index in [0.29, 0.717) is 30.3 Å². The molecule has 1 atom stereocenters. The fourth-order valence-corrected chi connectivity index (χ4v) is 5.07. The summed E-state index contributed by atoms with van der Waals surface area (Å²) in [5, 5.41) is 13.0. The van der Waals surface area contributed by atoms with Gasteiger partial charge in [-0.25, -0.2) is 22.6 Å². The van der Waals surface area contributed by atoms with Crippen molar-refractivity contribution in [3.05, 3.63) is 54.1 Å². The fourth-order valence-electron chi connectivity index (χ4n) is 3.49. The highest BCUT2D eigenvalue weighted by atomic mass is 32.2. The highest BCUT2D eigenvalue weighted by Crippen LogP contribution is 2.27. The molecule has 1 fully saturated rings. The topological polar surface area (TPSA) is 139 Å². The van der Waals surface area contributed by atoms with Gasteiger partial charge in [0.25, 0.3) is 0 Å². The van der Waals surface area contributed by atoms with Crippen molar-refractivity contribution >= 4 is 16.0 Å². The summed E-state index contributed by atoms with van der Waals surface area (Å²) < 4.78 is 46.2. The molecule has 0 saturated carbocycles. The third kappa shape index (κ3) is 4.44. The Balaban J connectivity index is 1.49. The van der Waals surface area contributed by atoms with Gasteiger partial charge in [0, 0.05) is 31.9 Å². The molecule has 31 heavy (non-hydrogen) atoms. The van der Waals surface area contributed by atoms with Crippen molar-refractivity contribution in [3.63, 3.8) is 0 Å². The number of carboxylic acid groups (broad SMARTS) is 1. The summed E-state index contributed by atoms with van der Waals surface area (Å²) in [6, 6.07) is 2.78. The first kappa shape index (κ1) is 21.0. The Bertz CT molecular complexity index is 1200. The number of carbonyl (C=O) groups is 1. The van der Waals surface area contributed by atoms with Crippen LogP contribution in [-0.4, -0.2) is 57.0 Å². The molecule has 2 aromatic heterocycles. The number of nitrogens with zero attached hydrogens (tertiary/aromatic N) is 5. The molecule has 1 saturated heterocycles. The number of hydrogen-bond acceptors (Lipinski definition) is 8. The Morgan fingerprint density at radius 3 is 2.90 bits per heavy atom. The Morgan fingerprint density at radius 2 is 2.16 bits per heavy atom. The van der Waals surface area contributed by atoms with Gasteiger partial charge in [0.2, 0.25) is 21.7 Å². The molecule has 1 aliphatic heterocycles. The van der Waals surface area contributed by atoms with Gasteiger partial charge in [-0.15, -0.1) is 0 Å². The molecule has 0 aliphatic carbocycles. The van der Waals surface area contributed by atoms with Crippen molar-refractivity contribution < 1.29 is 27.2 Å². The molecule has 0 amide bonds. The largest absolute Gasteiger partial charge is 0.478 e. The number of carboxylic acids is 1. The van der Waals surface area contributed by atoms with Crippen LogP contribution in [0.15, 0.2) is 46.2 Å². The first-order chi connectivity index (χ1) is 14.8. The summed E-state index contributed by atoms with van der Waals surface area (Å²) in [7, 11) is -3.98. The molecule has 1 N–H and O–H groups in total. The molecule has 10 nitrogen and oxygen atoms in total. The molecule has 1 aromatic carbocycles. The monoisotopic (exact) mass is 447 g/mol. The fraction of sp³-hybridized carbons (Fsp3) is 0.316. The van der Waals surface area contributed by atoms with Gasteiger partial charge in [0.15, 0.2) is 0 Å². The van der Waals surface area contributed by atoms with Gasteiger partial charge < -0.3 is 9.63 Å². The lowest BCUT2D eigenvalue weighted by atomic mass is 9.96. The number of piperidine rings is 1. The predicted molar refractivity (Wildman–Crippen MR) is 104 cm³/mol. The van der Waals surface area contributed by atoms with Crippen LogP contribution in [0.2, 0.25) is 0 Å². The van der Waals surface area contributed by atoms with Crippen LogP contribution in [0, 0.1) is 11.7 Å². The number of hydrogen-bond donors (Lipinski definition) is 1. The van der Waals surface area contributed by atoms with E-state index >= 15 is 0 Å². The van der Waals surface area contributed by atoms with E-state index in [2.05, 4.69) is 20.1 Å². The van der Waals surface area contributed by atoms with Crippen LogP contribution >= 0.6 is 0 Å². The first-order valence-corrected chi connectivity index (χ1v) is 10.9. The van der Waals surface area contributed by atoms with Crippen molar-refractivity contribution in [2.24, 2.45) is 5.92 Å². The van der Waals surface area contributed by atoms with Crippen LogP contribution in [0.1, 0.15) is 29.1 Å². The number of halogens is 1. The molecule has 12 heteroatoms. The van der Waals surface area contributed by atoms with E-state index in [0.717, 1.165) is 24.6 Å². The van der Waals surface area contributed by atoms with Gasteiger partial charge in [0.05, 0.1) is 16.7 Å². The number of sulfonamides is 1. The van der Waals surface area contributed by atoms with Gasteiger partial charge in [-0.1, -0.05) is 5.16 Å². The standard InChI is InChI=1S/C19H18FN5O5S/c20-15-4-3-13(9-14(15)19(26)27)31(28,29)25-7-1-2-12(11-25)8-17-23-18(24-30-17)16-10-21-5-6-22-16/h3-6,9-10,12H,1-2,7-8,11H2,(H,26,27)/t12-/m0/s1. The first-order valence-electron chi connectivity index (χ1n) is 9.46. The summed E-state index contributed by atoms with van der Waals surface area (Å²) in [4.78, 5) is 23.3. The SMILES string of the molecule is O=C(O)c1cc(S(=O)(=O)N2CCC[C@@H](Cc3nc(-c4cnccn4)no3)C2)ccc1F. The average Bonchev–Trinajstić information content (AvgIpc) is 3.23. The molecule has 0 radical (unpaired) electrons. The number of aromatic carboxylic acids is 1. The Morgan fingerprint density at radius 1 is 1.32 bits per heavy atom. The van der Waals surface area contributed by atoms with Crippen molar-refractivity contribution in [3.8, 4) is 11.5 Å². The summed E-state index contributed by atoms with van der Waals surface area (Å²) in [5.74, 6) is -1.92. The number of benzene rings is 1. The highest BCUT2D eigenvalue weighted by molar-refractivity contribution is 7.89. The van der Waals surface area contributed by atoms with Crippen molar-refractivity contribution in [2.75, 3.05) is 13.1 Å². The lowest BCUT2D eigenvalue weighted by Gasteiger charge is -2.31. The molecule has 0 bridgehead atoms. The van der Waals surface area contributed by atoms with E-state index < -0.39 is 27.4 Å².